The van der Waals surface area contributed by atoms with Crippen LogP contribution in [0.2, 0.25) is 0 Å². The molecule has 0 heterocycles. The van der Waals surface area contributed by atoms with E-state index in [9.17, 15) is 8.42 Å². The highest BCUT2D eigenvalue weighted by molar-refractivity contribution is 7.91. The molecule has 0 spiro atoms. The van der Waals surface area contributed by atoms with Gasteiger partial charge in [0.1, 0.15) is 29.7 Å². The Morgan fingerprint density at radius 1 is 1.23 bits per heavy atom. The molecule has 1 aromatic carbocycles. The minimum Gasteiger partial charge on any atom is -0.495 e. The van der Waals surface area contributed by atoms with E-state index in [2.05, 4.69) is 5.32 Å². The number of rotatable bonds is 5. The molecule has 0 saturated heterocycles. The Labute approximate surface area is 128 Å². The van der Waals surface area contributed by atoms with Crippen molar-refractivity contribution >= 4 is 15.5 Å². The first-order valence-electron chi connectivity index (χ1n) is 6.05. The lowest BCUT2D eigenvalue weighted by atomic mass is 10.2. The number of hydrogen-bond donors (Lipinski definition) is 1. The monoisotopic (exact) mass is 316 g/mol. The molecule has 0 unspecified atom stereocenters. The highest BCUT2D eigenvalue weighted by Gasteiger charge is 2.16. The van der Waals surface area contributed by atoms with Gasteiger partial charge in [0.25, 0.3) is 0 Å². The molecule has 7 nitrogen and oxygen atoms in total. The van der Waals surface area contributed by atoms with E-state index in [0.717, 1.165) is 0 Å². The number of ether oxygens (including phenoxy) is 1. The van der Waals surface area contributed by atoms with Crippen LogP contribution < -0.4 is 10.1 Å². The maximum Gasteiger partial charge on any atom is 0.178 e. The van der Waals surface area contributed by atoms with Gasteiger partial charge >= 0.3 is 0 Å². The average Bonchev–Trinajstić information content (AvgIpc) is 2.54. The summed E-state index contributed by atoms with van der Waals surface area (Å²) in [5, 5.41) is 29.2. The first-order valence-corrected chi connectivity index (χ1v) is 7.71. The summed E-state index contributed by atoms with van der Waals surface area (Å²) < 4.78 is 28.9. The van der Waals surface area contributed by atoms with Crippen LogP contribution in [-0.2, 0) is 9.84 Å². The van der Waals surface area contributed by atoms with Crippen molar-refractivity contribution in [1.29, 1.82) is 15.8 Å². The zero-order valence-corrected chi connectivity index (χ0v) is 12.7. The standard InChI is InChI=1S/C14H12N4O3S/c1-3-22(19,20)11-4-5-14(21-2)12(6-11)18-13(9-17)10(7-15)8-16/h4-6,18H,3H2,1-2H3. The molecular weight excluding hydrogens is 304 g/mol. The summed E-state index contributed by atoms with van der Waals surface area (Å²) in [7, 11) is -2.07. The van der Waals surface area contributed by atoms with Gasteiger partial charge in [-0.3, -0.25) is 0 Å². The molecule has 112 valence electrons. The van der Waals surface area contributed by atoms with Crippen LogP contribution >= 0.6 is 0 Å². The van der Waals surface area contributed by atoms with Crippen LogP contribution in [0.15, 0.2) is 34.4 Å². The van der Waals surface area contributed by atoms with Crippen LogP contribution in [0, 0.1) is 34.0 Å². The van der Waals surface area contributed by atoms with Crippen molar-refractivity contribution in [3.05, 3.63) is 29.5 Å². The number of benzene rings is 1. The van der Waals surface area contributed by atoms with E-state index in [4.69, 9.17) is 20.5 Å². The van der Waals surface area contributed by atoms with Crippen LogP contribution in [0.3, 0.4) is 0 Å². The van der Waals surface area contributed by atoms with Gasteiger partial charge in [-0.15, -0.1) is 0 Å². The number of nitrogens with one attached hydrogen (secondary N) is 1. The number of hydrogen-bond acceptors (Lipinski definition) is 7. The molecule has 0 amide bonds. The van der Waals surface area contributed by atoms with Gasteiger partial charge in [0.15, 0.2) is 15.4 Å². The summed E-state index contributed by atoms with van der Waals surface area (Å²) >= 11 is 0. The van der Waals surface area contributed by atoms with E-state index in [-0.39, 0.29) is 27.8 Å². The third-order valence-electron chi connectivity index (χ3n) is 2.76. The Balaban J connectivity index is 3.45. The molecule has 1 rings (SSSR count). The Hall–Kier alpha value is -3.02. The highest BCUT2D eigenvalue weighted by atomic mass is 32.2. The van der Waals surface area contributed by atoms with E-state index in [0.29, 0.717) is 0 Å². The highest BCUT2D eigenvalue weighted by Crippen LogP contribution is 2.29. The lowest BCUT2D eigenvalue weighted by Gasteiger charge is -2.12. The molecule has 22 heavy (non-hydrogen) atoms. The van der Waals surface area contributed by atoms with Crippen molar-refractivity contribution in [2.75, 3.05) is 18.2 Å². The predicted molar refractivity (Wildman–Crippen MR) is 78.2 cm³/mol. The number of anilines is 1. The van der Waals surface area contributed by atoms with Crippen LogP contribution in [0.1, 0.15) is 6.92 Å². The van der Waals surface area contributed by atoms with E-state index in [1.807, 2.05) is 0 Å². The van der Waals surface area contributed by atoms with Crippen LogP contribution in [-0.4, -0.2) is 21.3 Å². The van der Waals surface area contributed by atoms with Crippen molar-refractivity contribution < 1.29 is 13.2 Å². The van der Waals surface area contributed by atoms with Crippen molar-refractivity contribution in [3.63, 3.8) is 0 Å². The summed E-state index contributed by atoms with van der Waals surface area (Å²) in [6.07, 6.45) is 0. The van der Waals surface area contributed by atoms with Gasteiger partial charge in [0.05, 0.1) is 23.4 Å². The lowest BCUT2D eigenvalue weighted by Crippen LogP contribution is -2.07. The fourth-order valence-corrected chi connectivity index (χ4v) is 2.47. The smallest absolute Gasteiger partial charge is 0.178 e. The summed E-state index contributed by atoms with van der Waals surface area (Å²) in [4.78, 5) is 0.0473. The summed E-state index contributed by atoms with van der Waals surface area (Å²) in [5.41, 5.74) is -0.515. The van der Waals surface area contributed by atoms with Gasteiger partial charge in [-0.05, 0) is 18.2 Å². The molecule has 0 saturated carbocycles. The second-order valence-electron chi connectivity index (χ2n) is 3.98. The minimum absolute atomic E-state index is 0.0473. The zero-order chi connectivity index (χ0) is 16.8. The Kier molecular flexibility index (Phi) is 5.51. The quantitative estimate of drug-likeness (QED) is 0.819. The first-order chi connectivity index (χ1) is 10.4. The average molecular weight is 316 g/mol. The fourth-order valence-electron chi connectivity index (χ4n) is 1.56. The minimum atomic E-state index is -3.44. The van der Waals surface area contributed by atoms with Gasteiger partial charge in [-0.1, -0.05) is 6.92 Å². The molecule has 0 aromatic heterocycles. The predicted octanol–water partition coefficient (Wildman–Crippen LogP) is 1.73. The number of nitriles is 3. The van der Waals surface area contributed by atoms with Crippen molar-refractivity contribution in [2.24, 2.45) is 0 Å². The van der Waals surface area contributed by atoms with Crippen molar-refractivity contribution in [3.8, 4) is 24.0 Å². The molecule has 0 aliphatic heterocycles. The molecule has 8 heteroatoms. The molecule has 0 fully saturated rings. The molecule has 0 bridgehead atoms. The number of nitrogens with zero attached hydrogens (tertiary/aromatic N) is 3. The van der Waals surface area contributed by atoms with Gasteiger partial charge in [-0.25, -0.2) is 8.42 Å². The third-order valence-corrected chi connectivity index (χ3v) is 4.49. The second kappa shape index (κ2) is 7.12. The van der Waals surface area contributed by atoms with Crippen LogP contribution in [0.25, 0.3) is 0 Å². The molecule has 1 aromatic rings. The zero-order valence-electron chi connectivity index (χ0n) is 11.9. The topological polar surface area (TPSA) is 127 Å². The van der Waals surface area contributed by atoms with Gasteiger partial charge < -0.3 is 10.1 Å². The van der Waals surface area contributed by atoms with Crippen LogP contribution in [0.5, 0.6) is 5.75 Å². The summed E-state index contributed by atoms with van der Waals surface area (Å²) in [6, 6.07) is 8.98. The number of allylic oxidation sites excluding steroid dienone is 2. The van der Waals surface area contributed by atoms with Gasteiger partial charge in [-0.2, -0.15) is 15.8 Å². The first kappa shape index (κ1) is 17.0. The molecule has 0 aliphatic carbocycles. The molecule has 0 radical (unpaired) electrons. The van der Waals surface area contributed by atoms with E-state index in [1.165, 1.54) is 32.2 Å². The van der Waals surface area contributed by atoms with Crippen molar-refractivity contribution in [1.82, 2.24) is 0 Å². The van der Waals surface area contributed by atoms with E-state index < -0.39 is 15.4 Å². The maximum absolute atomic E-state index is 11.9. The SMILES string of the molecule is CCS(=O)(=O)c1ccc(OC)c(NC(C#N)=C(C#N)C#N)c1. The normalized spacial score (nSPS) is 9.77. The largest absolute Gasteiger partial charge is 0.495 e. The molecular formula is C14H12N4O3S. The van der Waals surface area contributed by atoms with Crippen LogP contribution in [0.4, 0.5) is 5.69 Å². The maximum atomic E-state index is 11.9. The lowest BCUT2D eigenvalue weighted by molar-refractivity contribution is 0.416. The molecule has 1 N–H and O–H groups in total. The third kappa shape index (κ3) is 3.54. The number of sulfone groups is 1. The number of methoxy groups -OCH3 is 1. The molecule has 0 aliphatic rings. The van der Waals surface area contributed by atoms with E-state index in [1.54, 1.807) is 18.2 Å². The van der Waals surface area contributed by atoms with Gasteiger partial charge in [0, 0.05) is 0 Å². The Morgan fingerprint density at radius 2 is 1.86 bits per heavy atom. The Bertz CT molecular complexity index is 820. The summed E-state index contributed by atoms with van der Waals surface area (Å²) in [5.74, 6) is 0.194. The summed E-state index contributed by atoms with van der Waals surface area (Å²) in [6.45, 7) is 1.51. The second-order valence-corrected chi connectivity index (χ2v) is 6.25. The van der Waals surface area contributed by atoms with E-state index >= 15 is 0 Å². The van der Waals surface area contributed by atoms with Gasteiger partial charge in [0.2, 0.25) is 0 Å². The Morgan fingerprint density at radius 3 is 2.32 bits per heavy atom. The fraction of sp³-hybridized carbons (Fsp3) is 0.214. The molecule has 0 atom stereocenters. The van der Waals surface area contributed by atoms with Crippen molar-refractivity contribution in [2.45, 2.75) is 11.8 Å².